The maximum absolute atomic E-state index is 2.21. The van der Waals surface area contributed by atoms with E-state index < -0.39 is 0 Å². The van der Waals surface area contributed by atoms with Crippen molar-refractivity contribution in [3.63, 3.8) is 0 Å². The Hall–Kier alpha value is -1.56. The van der Waals surface area contributed by atoms with Crippen LogP contribution in [-0.4, -0.2) is 0 Å². The van der Waals surface area contributed by atoms with Crippen molar-refractivity contribution in [1.29, 1.82) is 0 Å². The van der Waals surface area contributed by atoms with Gasteiger partial charge in [-0.1, -0.05) is 76.2 Å². The average Bonchev–Trinajstić information content (AvgIpc) is 2.49. The minimum Gasteiger partial charge on any atom is -0.0683 e. The molecule has 0 aliphatic heterocycles. The van der Waals surface area contributed by atoms with Crippen LogP contribution in [0, 0.1) is 0 Å². The summed E-state index contributed by atoms with van der Waals surface area (Å²) in [7, 11) is 0. The standard InChI is InChI=1S/C16H18.C2H6/c1-3-13-5-9-15(10-6-13)16-11-7-14(4-2)8-12-16;1-2/h5-12H,3-4H2,1-2H3;1-2H3. The quantitative estimate of drug-likeness (QED) is 0.664. The summed E-state index contributed by atoms with van der Waals surface area (Å²) in [6.07, 6.45) is 2.21. The zero-order chi connectivity index (χ0) is 13.4. The van der Waals surface area contributed by atoms with Crippen molar-refractivity contribution in [2.24, 2.45) is 0 Å². The lowest BCUT2D eigenvalue weighted by Crippen LogP contribution is -1.83. The number of aryl methyl sites for hydroxylation is 2. The number of benzene rings is 2. The predicted molar refractivity (Wildman–Crippen MR) is 82.0 cm³/mol. The minimum absolute atomic E-state index is 1.11. The highest BCUT2D eigenvalue weighted by Gasteiger charge is 1.97. The highest BCUT2D eigenvalue weighted by molar-refractivity contribution is 5.63. The second-order valence-corrected chi connectivity index (χ2v) is 4.10. The molecule has 0 aromatic heterocycles. The molecule has 2 aromatic rings. The van der Waals surface area contributed by atoms with Gasteiger partial charge in [0.15, 0.2) is 0 Å². The van der Waals surface area contributed by atoms with E-state index in [4.69, 9.17) is 0 Å². The molecule has 2 rings (SSSR count). The van der Waals surface area contributed by atoms with E-state index in [1.807, 2.05) is 13.8 Å². The summed E-state index contributed by atoms with van der Waals surface area (Å²) in [5.74, 6) is 0. The van der Waals surface area contributed by atoms with Gasteiger partial charge in [0.05, 0.1) is 0 Å². The Morgan fingerprint density at radius 2 is 0.833 bits per heavy atom. The summed E-state index contributed by atoms with van der Waals surface area (Å²) >= 11 is 0. The van der Waals surface area contributed by atoms with Crippen molar-refractivity contribution in [3.05, 3.63) is 59.7 Å². The van der Waals surface area contributed by atoms with E-state index in [-0.39, 0.29) is 0 Å². The lowest BCUT2D eigenvalue weighted by atomic mass is 10.0. The zero-order valence-corrected chi connectivity index (χ0v) is 12.0. The lowest BCUT2D eigenvalue weighted by molar-refractivity contribution is 1.14. The van der Waals surface area contributed by atoms with Crippen LogP contribution < -0.4 is 0 Å². The molecule has 96 valence electrons. The summed E-state index contributed by atoms with van der Waals surface area (Å²) in [5.41, 5.74) is 5.41. The first-order chi connectivity index (χ1) is 8.83. The molecule has 0 bridgehead atoms. The van der Waals surface area contributed by atoms with Gasteiger partial charge in [-0.05, 0) is 35.1 Å². The van der Waals surface area contributed by atoms with Crippen LogP contribution in [-0.2, 0) is 12.8 Å². The van der Waals surface area contributed by atoms with Gasteiger partial charge in [-0.25, -0.2) is 0 Å². The number of hydrogen-bond donors (Lipinski definition) is 0. The molecular weight excluding hydrogens is 216 g/mol. The third-order valence-corrected chi connectivity index (χ3v) is 3.06. The van der Waals surface area contributed by atoms with Crippen LogP contribution in [0.5, 0.6) is 0 Å². The molecule has 18 heavy (non-hydrogen) atoms. The van der Waals surface area contributed by atoms with E-state index in [9.17, 15) is 0 Å². The van der Waals surface area contributed by atoms with Crippen LogP contribution in [0.1, 0.15) is 38.8 Å². The lowest BCUT2D eigenvalue weighted by Gasteiger charge is -2.04. The molecule has 0 heterocycles. The van der Waals surface area contributed by atoms with Crippen LogP contribution in [0.15, 0.2) is 48.5 Å². The van der Waals surface area contributed by atoms with Gasteiger partial charge in [0.1, 0.15) is 0 Å². The molecule has 0 atom stereocenters. The first kappa shape index (κ1) is 14.5. The second kappa shape index (κ2) is 7.71. The Balaban J connectivity index is 0.000000771. The van der Waals surface area contributed by atoms with E-state index in [0.29, 0.717) is 0 Å². The van der Waals surface area contributed by atoms with Gasteiger partial charge in [-0.3, -0.25) is 0 Å². The molecule has 0 aliphatic rings. The Morgan fingerprint density at radius 3 is 1.06 bits per heavy atom. The molecule has 0 saturated carbocycles. The zero-order valence-electron chi connectivity index (χ0n) is 12.0. The molecule has 0 aliphatic carbocycles. The van der Waals surface area contributed by atoms with Crippen LogP contribution >= 0.6 is 0 Å². The molecule has 0 N–H and O–H groups in total. The summed E-state index contributed by atoms with van der Waals surface area (Å²) in [6.45, 7) is 8.37. The molecule has 0 amide bonds. The summed E-state index contributed by atoms with van der Waals surface area (Å²) in [6, 6.07) is 17.7. The van der Waals surface area contributed by atoms with E-state index in [2.05, 4.69) is 62.4 Å². The van der Waals surface area contributed by atoms with Gasteiger partial charge in [-0.15, -0.1) is 0 Å². The third-order valence-electron chi connectivity index (χ3n) is 3.06. The molecule has 0 fully saturated rings. The predicted octanol–water partition coefficient (Wildman–Crippen LogP) is 5.50. The van der Waals surface area contributed by atoms with Crippen molar-refractivity contribution in [2.45, 2.75) is 40.5 Å². The summed E-state index contributed by atoms with van der Waals surface area (Å²) in [5, 5.41) is 0. The van der Waals surface area contributed by atoms with Crippen molar-refractivity contribution in [3.8, 4) is 11.1 Å². The van der Waals surface area contributed by atoms with Gasteiger partial charge in [0, 0.05) is 0 Å². The van der Waals surface area contributed by atoms with E-state index in [1.165, 1.54) is 22.3 Å². The van der Waals surface area contributed by atoms with Crippen molar-refractivity contribution in [2.75, 3.05) is 0 Å². The van der Waals surface area contributed by atoms with Gasteiger partial charge in [0.2, 0.25) is 0 Å². The summed E-state index contributed by atoms with van der Waals surface area (Å²) in [4.78, 5) is 0. The molecule has 0 spiro atoms. The smallest absolute Gasteiger partial charge is 0.0184 e. The fraction of sp³-hybridized carbons (Fsp3) is 0.333. The van der Waals surface area contributed by atoms with Crippen LogP contribution in [0.25, 0.3) is 11.1 Å². The monoisotopic (exact) mass is 240 g/mol. The third kappa shape index (κ3) is 3.73. The maximum atomic E-state index is 2.21. The molecule has 0 saturated heterocycles. The largest absolute Gasteiger partial charge is 0.0683 e. The van der Waals surface area contributed by atoms with Gasteiger partial charge in [0.25, 0.3) is 0 Å². The van der Waals surface area contributed by atoms with Gasteiger partial charge < -0.3 is 0 Å². The number of rotatable bonds is 3. The van der Waals surface area contributed by atoms with E-state index >= 15 is 0 Å². The molecule has 0 radical (unpaired) electrons. The number of hydrogen-bond acceptors (Lipinski definition) is 0. The highest BCUT2D eigenvalue weighted by atomic mass is 14.0. The average molecular weight is 240 g/mol. The molecule has 0 nitrogen and oxygen atoms in total. The topological polar surface area (TPSA) is 0 Å². The Bertz CT molecular complexity index is 389. The van der Waals surface area contributed by atoms with E-state index in [0.717, 1.165) is 12.8 Å². The molecule has 2 aromatic carbocycles. The van der Waals surface area contributed by atoms with Crippen molar-refractivity contribution < 1.29 is 0 Å². The SMILES string of the molecule is CC.CCc1ccc(-c2ccc(CC)cc2)cc1. The van der Waals surface area contributed by atoms with E-state index in [1.54, 1.807) is 0 Å². The Morgan fingerprint density at radius 1 is 0.556 bits per heavy atom. The molecule has 0 unspecified atom stereocenters. The van der Waals surface area contributed by atoms with Gasteiger partial charge in [-0.2, -0.15) is 0 Å². The first-order valence-electron chi connectivity index (χ1n) is 7.01. The first-order valence-corrected chi connectivity index (χ1v) is 7.01. The normalized spacial score (nSPS) is 9.56. The van der Waals surface area contributed by atoms with Crippen LogP contribution in [0.2, 0.25) is 0 Å². The fourth-order valence-corrected chi connectivity index (χ4v) is 1.87. The molecular formula is C18H24. The van der Waals surface area contributed by atoms with Crippen LogP contribution in [0.3, 0.4) is 0 Å². The van der Waals surface area contributed by atoms with Crippen LogP contribution in [0.4, 0.5) is 0 Å². The second-order valence-electron chi connectivity index (χ2n) is 4.10. The summed E-state index contributed by atoms with van der Waals surface area (Å²) < 4.78 is 0. The molecule has 0 heteroatoms. The maximum Gasteiger partial charge on any atom is -0.0184 e. The Kier molecular flexibility index (Phi) is 6.21. The highest BCUT2D eigenvalue weighted by Crippen LogP contribution is 2.20. The van der Waals surface area contributed by atoms with Gasteiger partial charge >= 0.3 is 0 Å². The minimum atomic E-state index is 1.11. The van der Waals surface area contributed by atoms with Crippen molar-refractivity contribution in [1.82, 2.24) is 0 Å². The Labute approximate surface area is 112 Å². The fourth-order valence-electron chi connectivity index (χ4n) is 1.87. The van der Waals surface area contributed by atoms with Crippen molar-refractivity contribution >= 4 is 0 Å².